The second-order valence-electron chi connectivity index (χ2n) is 4.70. The van der Waals surface area contributed by atoms with E-state index in [9.17, 15) is 9.32 Å². The molecule has 0 aromatic heterocycles. The van der Waals surface area contributed by atoms with Crippen molar-refractivity contribution in [2.24, 2.45) is 0 Å². The van der Waals surface area contributed by atoms with Crippen LogP contribution in [-0.4, -0.2) is 52.2 Å². The van der Waals surface area contributed by atoms with Crippen molar-refractivity contribution in [2.75, 3.05) is 25.5 Å². The molecule has 1 aliphatic heterocycles. The number of hydrogen-bond donors (Lipinski definition) is 2. The van der Waals surface area contributed by atoms with E-state index in [4.69, 9.17) is 4.74 Å². The quantitative estimate of drug-likeness (QED) is 0.695. The summed E-state index contributed by atoms with van der Waals surface area (Å²) in [6.07, 6.45) is 3.71. The van der Waals surface area contributed by atoms with Gasteiger partial charge in [0.25, 0.3) is 0 Å². The number of hydrogen-bond acceptors (Lipinski definition) is 4. The summed E-state index contributed by atoms with van der Waals surface area (Å²) in [5, 5.41) is 13.2. The Balaban J connectivity index is 1.63. The molecule has 1 saturated carbocycles. The van der Waals surface area contributed by atoms with Crippen LogP contribution in [0.15, 0.2) is 0 Å². The molecule has 5 heteroatoms. The van der Waals surface area contributed by atoms with E-state index in [2.05, 4.69) is 5.32 Å². The molecule has 0 aromatic carbocycles. The molecule has 16 heavy (non-hydrogen) atoms. The molecule has 1 aliphatic carbocycles. The summed E-state index contributed by atoms with van der Waals surface area (Å²) < 4.78 is 17.2. The summed E-state index contributed by atoms with van der Waals surface area (Å²) in [5.41, 5.74) is 0. The summed E-state index contributed by atoms with van der Waals surface area (Å²) in [6.45, 7) is 2.01. The van der Waals surface area contributed by atoms with E-state index in [-0.39, 0.29) is 5.25 Å². The van der Waals surface area contributed by atoms with Gasteiger partial charge in [0.15, 0.2) is 0 Å². The SMILES string of the molecule is O=S(CC(O)CNC1CC1)C1CCOCC1. The van der Waals surface area contributed by atoms with Crippen molar-refractivity contribution in [3.63, 3.8) is 0 Å². The molecule has 0 amide bonds. The Morgan fingerprint density at radius 2 is 2.00 bits per heavy atom. The Bertz CT molecular complexity index is 239. The highest BCUT2D eigenvalue weighted by Crippen LogP contribution is 2.18. The molecule has 4 nitrogen and oxygen atoms in total. The Morgan fingerprint density at radius 3 is 2.62 bits per heavy atom. The van der Waals surface area contributed by atoms with Crippen LogP contribution in [-0.2, 0) is 15.5 Å². The van der Waals surface area contributed by atoms with Crippen molar-refractivity contribution in [3.8, 4) is 0 Å². The second-order valence-corrected chi connectivity index (χ2v) is 6.46. The molecule has 2 atom stereocenters. The maximum atomic E-state index is 11.9. The topological polar surface area (TPSA) is 58.6 Å². The van der Waals surface area contributed by atoms with Gasteiger partial charge < -0.3 is 15.2 Å². The lowest BCUT2D eigenvalue weighted by molar-refractivity contribution is 0.0989. The van der Waals surface area contributed by atoms with E-state index < -0.39 is 16.9 Å². The van der Waals surface area contributed by atoms with Crippen molar-refractivity contribution < 1.29 is 14.1 Å². The van der Waals surface area contributed by atoms with Gasteiger partial charge in [0.05, 0.1) is 11.9 Å². The van der Waals surface area contributed by atoms with E-state index in [0.717, 1.165) is 12.8 Å². The van der Waals surface area contributed by atoms with Crippen molar-refractivity contribution in [2.45, 2.75) is 43.1 Å². The van der Waals surface area contributed by atoms with E-state index in [1.165, 1.54) is 12.8 Å². The zero-order valence-corrected chi connectivity index (χ0v) is 10.4. The molecule has 2 unspecified atom stereocenters. The lowest BCUT2D eigenvalue weighted by atomic mass is 10.2. The Morgan fingerprint density at radius 1 is 1.31 bits per heavy atom. The number of aliphatic hydroxyl groups excluding tert-OH is 1. The molecule has 2 fully saturated rings. The van der Waals surface area contributed by atoms with E-state index in [1.807, 2.05) is 0 Å². The van der Waals surface area contributed by atoms with E-state index in [1.54, 1.807) is 0 Å². The first-order valence-corrected chi connectivity index (χ1v) is 7.50. The lowest BCUT2D eigenvalue weighted by Crippen LogP contribution is -2.35. The van der Waals surface area contributed by atoms with Crippen LogP contribution in [0, 0.1) is 0 Å². The van der Waals surface area contributed by atoms with Gasteiger partial charge in [0.1, 0.15) is 0 Å². The van der Waals surface area contributed by atoms with Crippen molar-refractivity contribution >= 4 is 10.8 Å². The monoisotopic (exact) mass is 247 g/mol. The van der Waals surface area contributed by atoms with Crippen molar-refractivity contribution in [3.05, 3.63) is 0 Å². The molecule has 2 rings (SSSR count). The van der Waals surface area contributed by atoms with Crippen LogP contribution in [0.1, 0.15) is 25.7 Å². The van der Waals surface area contributed by atoms with Gasteiger partial charge in [-0.3, -0.25) is 4.21 Å². The van der Waals surface area contributed by atoms with Crippen LogP contribution in [0.2, 0.25) is 0 Å². The van der Waals surface area contributed by atoms with Crippen LogP contribution in [0.25, 0.3) is 0 Å². The fourth-order valence-electron chi connectivity index (χ4n) is 1.91. The predicted octanol–water partition coefficient (Wildman–Crippen LogP) is 0.0270. The zero-order chi connectivity index (χ0) is 11.4. The highest BCUT2D eigenvalue weighted by atomic mass is 32.2. The van der Waals surface area contributed by atoms with Crippen LogP contribution in [0.4, 0.5) is 0 Å². The number of ether oxygens (including phenoxy) is 1. The maximum absolute atomic E-state index is 11.9. The fourth-order valence-corrected chi connectivity index (χ4v) is 3.40. The third-order valence-electron chi connectivity index (χ3n) is 3.12. The molecule has 0 radical (unpaired) electrons. The van der Waals surface area contributed by atoms with Crippen LogP contribution >= 0.6 is 0 Å². The van der Waals surface area contributed by atoms with Gasteiger partial charge in [-0.15, -0.1) is 0 Å². The first-order chi connectivity index (χ1) is 7.75. The van der Waals surface area contributed by atoms with Crippen LogP contribution < -0.4 is 5.32 Å². The Hall–Kier alpha value is 0.0300. The fraction of sp³-hybridized carbons (Fsp3) is 1.00. The summed E-state index contributed by atoms with van der Waals surface area (Å²) in [7, 11) is -0.901. The molecule has 0 bridgehead atoms. The molecule has 1 heterocycles. The van der Waals surface area contributed by atoms with Gasteiger partial charge in [-0.2, -0.15) is 0 Å². The third kappa shape index (κ3) is 4.13. The number of nitrogens with one attached hydrogen (secondary N) is 1. The zero-order valence-electron chi connectivity index (χ0n) is 9.56. The van der Waals surface area contributed by atoms with Crippen LogP contribution in [0.3, 0.4) is 0 Å². The Labute approximate surface area is 99.2 Å². The maximum Gasteiger partial charge on any atom is 0.0779 e. The Kier molecular flexibility index (Phi) is 4.76. The molecule has 94 valence electrons. The number of rotatable bonds is 6. The summed E-state index contributed by atoms with van der Waals surface area (Å²) in [5.74, 6) is 0.407. The molecule has 0 aromatic rings. The highest BCUT2D eigenvalue weighted by molar-refractivity contribution is 7.85. The minimum atomic E-state index is -0.901. The molecule has 2 N–H and O–H groups in total. The summed E-state index contributed by atoms with van der Waals surface area (Å²) in [4.78, 5) is 0. The van der Waals surface area contributed by atoms with Gasteiger partial charge in [0, 0.05) is 41.8 Å². The van der Waals surface area contributed by atoms with Gasteiger partial charge >= 0.3 is 0 Å². The van der Waals surface area contributed by atoms with E-state index >= 15 is 0 Å². The summed E-state index contributed by atoms with van der Waals surface area (Å²) in [6, 6.07) is 0.603. The first kappa shape index (κ1) is 12.5. The van der Waals surface area contributed by atoms with Gasteiger partial charge in [-0.25, -0.2) is 0 Å². The van der Waals surface area contributed by atoms with Gasteiger partial charge in [0.2, 0.25) is 0 Å². The van der Waals surface area contributed by atoms with Crippen molar-refractivity contribution in [1.29, 1.82) is 0 Å². The highest BCUT2D eigenvalue weighted by Gasteiger charge is 2.24. The summed E-state index contributed by atoms with van der Waals surface area (Å²) >= 11 is 0. The minimum Gasteiger partial charge on any atom is -0.391 e. The largest absolute Gasteiger partial charge is 0.391 e. The average molecular weight is 247 g/mol. The van der Waals surface area contributed by atoms with Gasteiger partial charge in [-0.1, -0.05) is 0 Å². The predicted molar refractivity (Wildman–Crippen MR) is 63.9 cm³/mol. The lowest BCUT2D eigenvalue weighted by Gasteiger charge is -2.22. The standard InChI is InChI=1S/C11H21NO3S/c13-10(7-12-9-1-2-9)8-16(14)11-3-5-15-6-4-11/h9-13H,1-8H2. The molecule has 1 saturated heterocycles. The molecule has 2 aliphatic rings. The van der Waals surface area contributed by atoms with Gasteiger partial charge in [-0.05, 0) is 25.7 Å². The second kappa shape index (κ2) is 6.10. The van der Waals surface area contributed by atoms with Crippen LogP contribution in [0.5, 0.6) is 0 Å². The molecule has 0 spiro atoms. The number of aliphatic hydroxyl groups is 1. The first-order valence-electron chi connectivity index (χ1n) is 6.12. The molecular weight excluding hydrogens is 226 g/mol. The minimum absolute atomic E-state index is 0.226. The van der Waals surface area contributed by atoms with E-state index in [0.29, 0.717) is 31.6 Å². The molecular formula is C11H21NO3S. The average Bonchev–Trinajstić information content (AvgIpc) is 3.11. The van der Waals surface area contributed by atoms with Crippen molar-refractivity contribution in [1.82, 2.24) is 5.32 Å². The normalized spacial score (nSPS) is 26.6. The third-order valence-corrected chi connectivity index (χ3v) is 5.04. The smallest absolute Gasteiger partial charge is 0.0779 e.